The summed E-state index contributed by atoms with van der Waals surface area (Å²) in [6, 6.07) is 28.4. The standard InChI is InChI=1S/C33H29N7O/c1-32(41)19-33(35,20-32)25-14-12-23(13-15-25)28-26(21-8-4-2-5-9-21)18-40-30(38-28)27(24-16-36-31(34)37-17-24)29(39-40)22-10-6-3-7-11-22/h2-18,41H,19-20,35H2,1H3,(H2,34,36,37). The van der Waals surface area contributed by atoms with Crippen molar-refractivity contribution in [1.82, 2.24) is 24.6 Å². The summed E-state index contributed by atoms with van der Waals surface area (Å²) in [7, 11) is 0. The average Bonchev–Trinajstić information content (AvgIpc) is 3.35. The first-order valence-corrected chi connectivity index (χ1v) is 13.5. The third kappa shape index (κ3) is 4.43. The summed E-state index contributed by atoms with van der Waals surface area (Å²) in [5.74, 6) is 0.206. The number of hydrogen-bond donors (Lipinski definition) is 3. The fraction of sp³-hybridized carbons (Fsp3) is 0.152. The lowest BCUT2D eigenvalue weighted by atomic mass is 9.63. The van der Waals surface area contributed by atoms with Crippen LogP contribution >= 0.6 is 0 Å². The predicted octanol–water partition coefficient (Wildman–Crippen LogP) is 5.47. The van der Waals surface area contributed by atoms with Gasteiger partial charge in [-0.2, -0.15) is 5.10 Å². The molecule has 0 spiro atoms. The van der Waals surface area contributed by atoms with E-state index >= 15 is 0 Å². The van der Waals surface area contributed by atoms with Gasteiger partial charge in [-0.05, 0) is 30.9 Å². The number of anilines is 1. The zero-order valence-electron chi connectivity index (χ0n) is 22.6. The van der Waals surface area contributed by atoms with Gasteiger partial charge in [-0.3, -0.25) is 0 Å². The van der Waals surface area contributed by atoms with Crippen molar-refractivity contribution in [2.75, 3.05) is 5.73 Å². The van der Waals surface area contributed by atoms with Crippen molar-refractivity contribution in [3.8, 4) is 44.8 Å². The van der Waals surface area contributed by atoms with Crippen LogP contribution in [0, 0.1) is 0 Å². The number of nitrogens with zero attached hydrogens (tertiary/aromatic N) is 5. The van der Waals surface area contributed by atoms with Crippen LogP contribution in [0.25, 0.3) is 50.4 Å². The van der Waals surface area contributed by atoms with Crippen LogP contribution in [0.1, 0.15) is 25.3 Å². The lowest BCUT2D eigenvalue weighted by molar-refractivity contribution is -0.0738. The minimum atomic E-state index is -0.721. The molecule has 0 amide bonds. The van der Waals surface area contributed by atoms with E-state index in [1.54, 1.807) is 12.4 Å². The highest BCUT2D eigenvalue weighted by Gasteiger charge is 2.49. The number of benzene rings is 3. The van der Waals surface area contributed by atoms with Crippen LogP contribution < -0.4 is 11.5 Å². The van der Waals surface area contributed by atoms with Gasteiger partial charge in [0.25, 0.3) is 0 Å². The van der Waals surface area contributed by atoms with E-state index in [0.717, 1.165) is 50.3 Å². The average molecular weight is 540 g/mol. The summed E-state index contributed by atoms with van der Waals surface area (Å²) in [6.07, 6.45) is 6.51. The molecule has 0 atom stereocenters. The minimum absolute atomic E-state index is 0.206. The maximum absolute atomic E-state index is 10.3. The second-order valence-electron chi connectivity index (χ2n) is 11.1. The fourth-order valence-electron chi connectivity index (χ4n) is 6.02. The van der Waals surface area contributed by atoms with Gasteiger partial charge in [-0.25, -0.2) is 19.5 Å². The van der Waals surface area contributed by atoms with Crippen LogP contribution in [0.2, 0.25) is 0 Å². The van der Waals surface area contributed by atoms with Gasteiger partial charge in [-0.15, -0.1) is 0 Å². The van der Waals surface area contributed by atoms with E-state index in [4.69, 9.17) is 21.5 Å². The van der Waals surface area contributed by atoms with Crippen molar-refractivity contribution in [2.24, 2.45) is 5.73 Å². The van der Waals surface area contributed by atoms with Crippen molar-refractivity contribution >= 4 is 11.6 Å². The molecule has 8 nitrogen and oxygen atoms in total. The van der Waals surface area contributed by atoms with Crippen LogP contribution in [0.4, 0.5) is 5.95 Å². The number of nitrogen functional groups attached to an aromatic ring is 1. The smallest absolute Gasteiger partial charge is 0.219 e. The van der Waals surface area contributed by atoms with Gasteiger partial charge in [0.05, 0.1) is 16.9 Å². The highest BCUT2D eigenvalue weighted by molar-refractivity contribution is 5.92. The Morgan fingerprint density at radius 2 is 1.34 bits per heavy atom. The number of nitrogens with two attached hydrogens (primary N) is 2. The summed E-state index contributed by atoms with van der Waals surface area (Å²) in [4.78, 5) is 13.8. The van der Waals surface area contributed by atoms with Gasteiger partial charge < -0.3 is 16.6 Å². The summed E-state index contributed by atoms with van der Waals surface area (Å²) < 4.78 is 1.83. The van der Waals surface area contributed by atoms with Gasteiger partial charge in [-0.1, -0.05) is 84.9 Å². The van der Waals surface area contributed by atoms with Gasteiger partial charge in [0.1, 0.15) is 5.69 Å². The normalized spacial score (nSPS) is 20.2. The Kier molecular flexibility index (Phi) is 5.71. The van der Waals surface area contributed by atoms with E-state index in [2.05, 4.69) is 34.2 Å². The molecule has 0 radical (unpaired) electrons. The molecule has 3 aromatic heterocycles. The van der Waals surface area contributed by atoms with Gasteiger partial charge in [0.2, 0.25) is 5.95 Å². The lowest BCUT2D eigenvalue weighted by Gasteiger charge is -2.49. The second kappa shape index (κ2) is 9.33. The van der Waals surface area contributed by atoms with Crippen molar-refractivity contribution < 1.29 is 5.11 Å². The Hall–Kier alpha value is -4.92. The van der Waals surface area contributed by atoms with Crippen LogP contribution in [0.5, 0.6) is 0 Å². The topological polar surface area (TPSA) is 128 Å². The van der Waals surface area contributed by atoms with E-state index < -0.39 is 11.1 Å². The molecule has 41 heavy (non-hydrogen) atoms. The van der Waals surface area contributed by atoms with E-state index in [1.807, 2.05) is 78.3 Å². The first kappa shape index (κ1) is 25.1. The Labute approximate surface area is 237 Å². The first-order chi connectivity index (χ1) is 19.8. The molecule has 0 saturated heterocycles. The fourth-order valence-corrected chi connectivity index (χ4v) is 6.02. The molecule has 3 aromatic carbocycles. The number of rotatable bonds is 5. The van der Waals surface area contributed by atoms with Crippen LogP contribution in [0.15, 0.2) is 104 Å². The van der Waals surface area contributed by atoms with E-state index in [0.29, 0.717) is 18.5 Å². The largest absolute Gasteiger partial charge is 0.390 e. The van der Waals surface area contributed by atoms with Gasteiger partial charge in [0, 0.05) is 46.4 Å². The predicted molar refractivity (Wildman–Crippen MR) is 160 cm³/mol. The molecule has 0 bridgehead atoms. The van der Waals surface area contributed by atoms with E-state index in [-0.39, 0.29) is 5.95 Å². The molecule has 6 aromatic rings. The molecular formula is C33H29N7O. The van der Waals surface area contributed by atoms with E-state index in [1.165, 1.54) is 0 Å². The summed E-state index contributed by atoms with van der Waals surface area (Å²) >= 11 is 0. The number of fused-ring (bicyclic) bond motifs is 1. The Bertz CT molecular complexity index is 1860. The maximum atomic E-state index is 10.3. The number of hydrogen-bond acceptors (Lipinski definition) is 7. The van der Waals surface area contributed by atoms with Crippen molar-refractivity contribution in [2.45, 2.75) is 30.9 Å². The zero-order chi connectivity index (χ0) is 28.2. The van der Waals surface area contributed by atoms with Crippen molar-refractivity contribution in [3.63, 3.8) is 0 Å². The first-order valence-electron chi connectivity index (χ1n) is 13.5. The van der Waals surface area contributed by atoms with Crippen molar-refractivity contribution in [3.05, 3.63) is 109 Å². The maximum Gasteiger partial charge on any atom is 0.219 e. The molecule has 0 unspecified atom stereocenters. The Morgan fingerprint density at radius 1 is 0.756 bits per heavy atom. The molecule has 8 heteroatoms. The monoisotopic (exact) mass is 539 g/mol. The molecule has 1 saturated carbocycles. The van der Waals surface area contributed by atoms with E-state index in [9.17, 15) is 5.11 Å². The lowest BCUT2D eigenvalue weighted by Crippen LogP contribution is -2.58. The highest BCUT2D eigenvalue weighted by atomic mass is 16.3. The molecule has 3 heterocycles. The third-order valence-electron chi connectivity index (χ3n) is 7.83. The zero-order valence-corrected chi connectivity index (χ0v) is 22.6. The molecular weight excluding hydrogens is 510 g/mol. The van der Waals surface area contributed by atoms with Crippen LogP contribution in [0.3, 0.4) is 0 Å². The van der Waals surface area contributed by atoms with Crippen molar-refractivity contribution in [1.29, 1.82) is 0 Å². The van der Waals surface area contributed by atoms with Gasteiger partial charge in [0.15, 0.2) is 5.65 Å². The number of aliphatic hydroxyl groups is 1. The number of aromatic nitrogens is 5. The summed E-state index contributed by atoms with van der Waals surface area (Å²) in [6.45, 7) is 1.83. The SMILES string of the molecule is CC1(O)CC(N)(c2ccc(-c3nc4c(-c5cnc(N)nc5)c(-c5ccccc5)nn4cc3-c3ccccc3)cc2)C1. The quantitative estimate of drug-likeness (QED) is 0.265. The second-order valence-corrected chi connectivity index (χ2v) is 11.1. The molecule has 1 fully saturated rings. The summed E-state index contributed by atoms with van der Waals surface area (Å²) in [5.41, 5.74) is 20.0. The van der Waals surface area contributed by atoms with Gasteiger partial charge >= 0.3 is 0 Å². The van der Waals surface area contributed by atoms with Crippen LogP contribution in [-0.2, 0) is 5.54 Å². The third-order valence-corrected chi connectivity index (χ3v) is 7.83. The molecule has 202 valence electrons. The minimum Gasteiger partial charge on any atom is -0.390 e. The van der Waals surface area contributed by atoms with Crippen LogP contribution in [-0.4, -0.2) is 35.3 Å². The Morgan fingerprint density at radius 3 is 1.95 bits per heavy atom. The molecule has 5 N–H and O–H groups in total. The molecule has 0 aliphatic heterocycles. The highest BCUT2D eigenvalue weighted by Crippen LogP contribution is 2.46. The summed E-state index contributed by atoms with van der Waals surface area (Å²) in [5, 5.41) is 15.3. The molecule has 7 rings (SSSR count). The molecule has 1 aliphatic rings. The molecule has 1 aliphatic carbocycles. The Balaban J connectivity index is 1.45.